The Morgan fingerprint density at radius 2 is 1.68 bits per heavy atom. The zero-order valence-electron chi connectivity index (χ0n) is 11.0. The molecule has 2 heteroatoms. The van der Waals surface area contributed by atoms with Crippen LogP contribution in [-0.4, -0.2) is 5.91 Å². The van der Waals surface area contributed by atoms with Crippen LogP contribution in [0.4, 0.5) is 5.69 Å². The largest absolute Gasteiger partial charge is 0.321 e. The lowest BCUT2D eigenvalue weighted by atomic mass is 10.0. The second kappa shape index (κ2) is 6.01. The first kappa shape index (κ1) is 13.1. The molecule has 0 spiro atoms. The van der Waals surface area contributed by atoms with Crippen LogP contribution in [0.25, 0.3) is 5.57 Å². The van der Waals surface area contributed by atoms with Crippen molar-refractivity contribution in [3.63, 3.8) is 0 Å². The van der Waals surface area contributed by atoms with E-state index in [1.54, 1.807) is 12.1 Å². The van der Waals surface area contributed by atoms with Crippen molar-refractivity contribution < 1.29 is 4.79 Å². The first-order valence-electron chi connectivity index (χ1n) is 6.36. The molecule has 2 rings (SSSR count). The van der Waals surface area contributed by atoms with Gasteiger partial charge in [0.25, 0.3) is 5.91 Å². The molecule has 2 aromatic carbocycles. The van der Waals surface area contributed by atoms with Crippen LogP contribution in [0.1, 0.15) is 29.3 Å². The minimum atomic E-state index is -0.100. The van der Waals surface area contributed by atoms with Crippen molar-refractivity contribution in [1.29, 1.82) is 0 Å². The molecule has 96 valence electrons. The van der Waals surface area contributed by atoms with Gasteiger partial charge in [-0.15, -0.1) is 0 Å². The molecular weight excluding hydrogens is 234 g/mol. The van der Waals surface area contributed by atoms with E-state index >= 15 is 0 Å². The predicted molar refractivity (Wildman–Crippen MR) is 80.2 cm³/mol. The van der Waals surface area contributed by atoms with Gasteiger partial charge in [-0.05, 0) is 30.2 Å². The maximum atomic E-state index is 12.1. The number of nitrogens with one attached hydrogen (secondary N) is 1. The van der Waals surface area contributed by atoms with Crippen LogP contribution < -0.4 is 5.32 Å². The minimum Gasteiger partial charge on any atom is -0.321 e. The Balaban J connectivity index is 2.25. The van der Waals surface area contributed by atoms with Gasteiger partial charge < -0.3 is 5.32 Å². The summed E-state index contributed by atoms with van der Waals surface area (Å²) in [5.74, 6) is -0.100. The standard InChI is InChI=1S/C17H17NO/c1-3-13(2)15-11-7-8-12-16(15)18-17(19)14-9-5-4-6-10-14/h4-12H,2-3H2,1H3,(H,18,19). The van der Waals surface area contributed by atoms with Gasteiger partial charge in [-0.1, -0.05) is 49.9 Å². The van der Waals surface area contributed by atoms with Crippen LogP contribution in [0.15, 0.2) is 61.2 Å². The SMILES string of the molecule is C=C(CC)c1ccccc1NC(=O)c1ccccc1. The summed E-state index contributed by atoms with van der Waals surface area (Å²) < 4.78 is 0. The van der Waals surface area contributed by atoms with Gasteiger partial charge >= 0.3 is 0 Å². The smallest absolute Gasteiger partial charge is 0.255 e. The zero-order valence-corrected chi connectivity index (χ0v) is 11.0. The molecule has 0 radical (unpaired) electrons. The molecular formula is C17H17NO. The molecule has 0 unspecified atom stereocenters. The van der Waals surface area contributed by atoms with Crippen molar-refractivity contribution in [3.8, 4) is 0 Å². The molecule has 19 heavy (non-hydrogen) atoms. The molecule has 0 aliphatic carbocycles. The van der Waals surface area contributed by atoms with E-state index in [9.17, 15) is 4.79 Å². The summed E-state index contributed by atoms with van der Waals surface area (Å²) in [4.78, 5) is 12.1. The Morgan fingerprint density at radius 3 is 2.37 bits per heavy atom. The number of benzene rings is 2. The topological polar surface area (TPSA) is 29.1 Å². The van der Waals surface area contributed by atoms with E-state index in [-0.39, 0.29) is 5.91 Å². The van der Waals surface area contributed by atoms with Gasteiger partial charge in [-0.2, -0.15) is 0 Å². The molecule has 0 aliphatic rings. The monoisotopic (exact) mass is 251 g/mol. The number of rotatable bonds is 4. The number of anilines is 1. The molecule has 0 heterocycles. The Kier molecular flexibility index (Phi) is 4.14. The predicted octanol–water partition coefficient (Wildman–Crippen LogP) is 4.36. The van der Waals surface area contributed by atoms with Gasteiger partial charge in [-0.25, -0.2) is 0 Å². The fraction of sp³-hybridized carbons (Fsp3) is 0.118. The Bertz CT molecular complexity index is 587. The van der Waals surface area contributed by atoms with Crippen molar-refractivity contribution in [1.82, 2.24) is 0 Å². The van der Waals surface area contributed by atoms with E-state index in [0.29, 0.717) is 5.56 Å². The number of amides is 1. The van der Waals surface area contributed by atoms with Gasteiger partial charge in [0.1, 0.15) is 0 Å². The van der Waals surface area contributed by atoms with E-state index in [2.05, 4.69) is 18.8 Å². The summed E-state index contributed by atoms with van der Waals surface area (Å²) in [5, 5.41) is 2.94. The summed E-state index contributed by atoms with van der Waals surface area (Å²) in [6, 6.07) is 16.9. The fourth-order valence-corrected chi connectivity index (χ4v) is 1.87. The summed E-state index contributed by atoms with van der Waals surface area (Å²) in [7, 11) is 0. The lowest BCUT2D eigenvalue weighted by Crippen LogP contribution is -2.12. The molecule has 1 amide bonds. The first-order valence-corrected chi connectivity index (χ1v) is 6.36. The maximum Gasteiger partial charge on any atom is 0.255 e. The third-order valence-corrected chi connectivity index (χ3v) is 3.02. The highest BCUT2D eigenvalue weighted by Gasteiger charge is 2.09. The maximum absolute atomic E-state index is 12.1. The van der Waals surface area contributed by atoms with Crippen molar-refractivity contribution in [3.05, 3.63) is 72.3 Å². The fourth-order valence-electron chi connectivity index (χ4n) is 1.87. The molecule has 0 saturated heterocycles. The quantitative estimate of drug-likeness (QED) is 0.859. The number of para-hydroxylation sites is 1. The Hall–Kier alpha value is -2.35. The second-order valence-corrected chi connectivity index (χ2v) is 4.32. The molecule has 1 N–H and O–H groups in total. The summed E-state index contributed by atoms with van der Waals surface area (Å²) in [6.07, 6.45) is 0.859. The highest BCUT2D eigenvalue weighted by atomic mass is 16.1. The van der Waals surface area contributed by atoms with Crippen LogP contribution in [0.3, 0.4) is 0 Å². The number of allylic oxidation sites excluding steroid dienone is 1. The minimum absolute atomic E-state index is 0.100. The Labute approximate surface area is 113 Å². The summed E-state index contributed by atoms with van der Waals surface area (Å²) >= 11 is 0. The first-order chi connectivity index (χ1) is 9.22. The molecule has 0 aliphatic heterocycles. The second-order valence-electron chi connectivity index (χ2n) is 4.32. The third-order valence-electron chi connectivity index (χ3n) is 3.02. The summed E-state index contributed by atoms with van der Waals surface area (Å²) in [5.41, 5.74) is 3.47. The van der Waals surface area contributed by atoms with Gasteiger partial charge in [0.05, 0.1) is 0 Å². The lowest BCUT2D eigenvalue weighted by Gasteiger charge is -2.12. The molecule has 0 atom stereocenters. The van der Waals surface area contributed by atoms with E-state index in [0.717, 1.165) is 23.2 Å². The molecule has 0 bridgehead atoms. The molecule has 0 saturated carbocycles. The Morgan fingerprint density at radius 1 is 1.05 bits per heavy atom. The number of hydrogen-bond acceptors (Lipinski definition) is 1. The summed E-state index contributed by atoms with van der Waals surface area (Å²) in [6.45, 7) is 6.09. The van der Waals surface area contributed by atoms with Gasteiger partial charge in [0, 0.05) is 16.8 Å². The van der Waals surface area contributed by atoms with Crippen molar-refractivity contribution in [2.45, 2.75) is 13.3 Å². The van der Waals surface area contributed by atoms with Crippen molar-refractivity contribution >= 4 is 17.2 Å². The van der Waals surface area contributed by atoms with E-state index in [4.69, 9.17) is 0 Å². The average Bonchev–Trinajstić information content (AvgIpc) is 2.48. The van der Waals surface area contributed by atoms with E-state index in [1.165, 1.54) is 0 Å². The molecule has 0 fully saturated rings. The lowest BCUT2D eigenvalue weighted by molar-refractivity contribution is 0.102. The van der Waals surface area contributed by atoms with Crippen molar-refractivity contribution in [2.75, 3.05) is 5.32 Å². The van der Waals surface area contributed by atoms with Gasteiger partial charge in [0.2, 0.25) is 0 Å². The average molecular weight is 251 g/mol. The number of hydrogen-bond donors (Lipinski definition) is 1. The molecule has 2 nitrogen and oxygen atoms in total. The number of carbonyl (C=O) groups excluding carboxylic acids is 1. The van der Waals surface area contributed by atoms with Crippen LogP contribution in [0.5, 0.6) is 0 Å². The third kappa shape index (κ3) is 3.10. The highest BCUT2D eigenvalue weighted by Crippen LogP contribution is 2.25. The van der Waals surface area contributed by atoms with Crippen LogP contribution >= 0.6 is 0 Å². The molecule has 0 aromatic heterocycles. The zero-order chi connectivity index (χ0) is 13.7. The normalized spacial score (nSPS) is 9.95. The van der Waals surface area contributed by atoms with Crippen molar-refractivity contribution in [2.24, 2.45) is 0 Å². The van der Waals surface area contributed by atoms with E-state index in [1.807, 2.05) is 42.5 Å². The van der Waals surface area contributed by atoms with Crippen LogP contribution in [0.2, 0.25) is 0 Å². The molecule has 2 aromatic rings. The van der Waals surface area contributed by atoms with Crippen LogP contribution in [0, 0.1) is 0 Å². The van der Waals surface area contributed by atoms with Gasteiger partial charge in [-0.3, -0.25) is 4.79 Å². The highest BCUT2D eigenvalue weighted by molar-refractivity contribution is 6.05. The number of carbonyl (C=O) groups is 1. The van der Waals surface area contributed by atoms with Gasteiger partial charge in [0.15, 0.2) is 0 Å². The van der Waals surface area contributed by atoms with Crippen LogP contribution in [-0.2, 0) is 0 Å². The van der Waals surface area contributed by atoms with E-state index < -0.39 is 0 Å².